The van der Waals surface area contributed by atoms with Crippen molar-refractivity contribution in [3.05, 3.63) is 77.8 Å². The fraction of sp³-hybridized carbons (Fsp3) is 0.192. The van der Waals surface area contributed by atoms with Gasteiger partial charge in [-0.3, -0.25) is 14.5 Å². The molecular formula is C26H21I2NO5S. The summed E-state index contributed by atoms with van der Waals surface area (Å²) in [5, 5.41) is 1.87. The number of carbonyl (C=O) groups is 3. The second-order valence-electron chi connectivity index (χ2n) is 7.76. The van der Waals surface area contributed by atoms with Crippen LogP contribution in [-0.2, 0) is 20.9 Å². The SMILES string of the molecule is CCOC(=O)[C@H](C)N1C(=O)S/C(=C/c2cc(I)c(OCc3ccc4ccccc4c3)c(I)c2)C1=O. The second-order valence-corrected chi connectivity index (χ2v) is 11.1. The number of amides is 2. The highest BCUT2D eigenvalue weighted by Crippen LogP contribution is 2.36. The molecule has 0 spiro atoms. The highest BCUT2D eigenvalue weighted by molar-refractivity contribution is 14.1. The number of esters is 1. The monoisotopic (exact) mass is 713 g/mol. The van der Waals surface area contributed by atoms with Crippen molar-refractivity contribution in [3.63, 3.8) is 0 Å². The Labute approximate surface area is 234 Å². The molecule has 0 aromatic heterocycles. The van der Waals surface area contributed by atoms with E-state index in [1.807, 2.05) is 24.3 Å². The molecule has 6 nitrogen and oxygen atoms in total. The zero-order chi connectivity index (χ0) is 25.1. The zero-order valence-electron chi connectivity index (χ0n) is 18.9. The van der Waals surface area contributed by atoms with Crippen molar-refractivity contribution < 1.29 is 23.9 Å². The maximum absolute atomic E-state index is 12.8. The summed E-state index contributed by atoms with van der Waals surface area (Å²) in [7, 11) is 0. The van der Waals surface area contributed by atoms with Gasteiger partial charge in [0.2, 0.25) is 0 Å². The summed E-state index contributed by atoms with van der Waals surface area (Å²) in [4.78, 5) is 38.5. The maximum atomic E-state index is 12.8. The number of halogens is 2. The molecule has 1 aliphatic rings. The lowest BCUT2D eigenvalue weighted by Crippen LogP contribution is -2.42. The smallest absolute Gasteiger partial charge is 0.329 e. The van der Waals surface area contributed by atoms with E-state index in [2.05, 4.69) is 75.5 Å². The van der Waals surface area contributed by atoms with E-state index >= 15 is 0 Å². The molecule has 1 aliphatic heterocycles. The molecule has 1 saturated heterocycles. The van der Waals surface area contributed by atoms with E-state index in [4.69, 9.17) is 9.47 Å². The first-order valence-corrected chi connectivity index (χ1v) is 13.8. The topological polar surface area (TPSA) is 72.9 Å². The minimum absolute atomic E-state index is 0.182. The summed E-state index contributed by atoms with van der Waals surface area (Å²) < 4.78 is 12.9. The van der Waals surface area contributed by atoms with Crippen LogP contribution in [0.15, 0.2) is 59.5 Å². The molecule has 180 valence electrons. The summed E-state index contributed by atoms with van der Waals surface area (Å²) in [5.74, 6) is -0.337. The number of ether oxygens (including phenoxy) is 2. The van der Waals surface area contributed by atoms with Crippen molar-refractivity contribution in [3.8, 4) is 5.75 Å². The standard InChI is InChI=1S/C26H21I2NO5S/c1-3-33-25(31)15(2)29-24(30)22(35-26(29)32)13-17-11-20(27)23(21(28)12-17)34-14-16-8-9-18-6-4-5-7-19(18)10-16/h4-13,15H,3,14H2,1-2H3/b22-13+/t15-/m0/s1. The van der Waals surface area contributed by atoms with Crippen LogP contribution in [0.25, 0.3) is 16.8 Å². The lowest BCUT2D eigenvalue weighted by Gasteiger charge is -2.19. The fourth-order valence-electron chi connectivity index (χ4n) is 3.62. The molecule has 1 fully saturated rings. The minimum atomic E-state index is -0.973. The summed E-state index contributed by atoms with van der Waals surface area (Å²) in [5.41, 5.74) is 1.84. The van der Waals surface area contributed by atoms with E-state index in [9.17, 15) is 14.4 Å². The molecule has 2 amide bonds. The molecule has 1 heterocycles. The van der Waals surface area contributed by atoms with Crippen molar-refractivity contribution in [1.29, 1.82) is 0 Å². The molecule has 0 saturated carbocycles. The second kappa shape index (κ2) is 11.3. The van der Waals surface area contributed by atoms with Crippen LogP contribution < -0.4 is 4.74 Å². The zero-order valence-corrected chi connectivity index (χ0v) is 24.0. The number of fused-ring (bicyclic) bond motifs is 1. The van der Waals surface area contributed by atoms with Gasteiger partial charge in [0.25, 0.3) is 11.1 Å². The van der Waals surface area contributed by atoms with Crippen LogP contribution in [0.5, 0.6) is 5.75 Å². The van der Waals surface area contributed by atoms with Crippen molar-refractivity contribution in [2.75, 3.05) is 6.61 Å². The molecule has 4 rings (SSSR count). The molecule has 9 heteroatoms. The summed E-state index contributed by atoms with van der Waals surface area (Å²) >= 11 is 5.23. The van der Waals surface area contributed by atoms with Crippen LogP contribution in [0.1, 0.15) is 25.0 Å². The minimum Gasteiger partial charge on any atom is -0.487 e. The summed E-state index contributed by atoms with van der Waals surface area (Å²) in [6.07, 6.45) is 1.67. The van der Waals surface area contributed by atoms with Gasteiger partial charge < -0.3 is 9.47 Å². The molecule has 3 aromatic carbocycles. The number of rotatable bonds is 7. The van der Waals surface area contributed by atoms with E-state index in [1.165, 1.54) is 17.7 Å². The predicted molar refractivity (Wildman–Crippen MR) is 154 cm³/mol. The van der Waals surface area contributed by atoms with Gasteiger partial charge in [0, 0.05) is 0 Å². The Hall–Kier alpha value is -2.12. The number of hydrogen-bond acceptors (Lipinski definition) is 6. The first-order valence-electron chi connectivity index (χ1n) is 10.8. The van der Waals surface area contributed by atoms with E-state index in [-0.39, 0.29) is 11.5 Å². The average molecular weight is 713 g/mol. The quantitative estimate of drug-likeness (QED) is 0.156. The third kappa shape index (κ3) is 5.83. The van der Waals surface area contributed by atoms with Crippen molar-refractivity contribution in [2.24, 2.45) is 0 Å². The Morgan fingerprint density at radius 3 is 2.43 bits per heavy atom. The lowest BCUT2D eigenvalue weighted by molar-refractivity contribution is -0.150. The molecule has 35 heavy (non-hydrogen) atoms. The van der Waals surface area contributed by atoms with Crippen LogP contribution in [0.2, 0.25) is 0 Å². The van der Waals surface area contributed by atoms with Crippen LogP contribution in [-0.4, -0.2) is 34.7 Å². The molecule has 0 aliphatic carbocycles. The Balaban J connectivity index is 1.50. The van der Waals surface area contributed by atoms with Crippen molar-refractivity contribution in [1.82, 2.24) is 4.90 Å². The molecule has 0 unspecified atom stereocenters. The van der Waals surface area contributed by atoms with Gasteiger partial charge in [-0.2, -0.15) is 0 Å². The van der Waals surface area contributed by atoms with Gasteiger partial charge in [-0.25, -0.2) is 4.79 Å². The van der Waals surface area contributed by atoms with Gasteiger partial charge >= 0.3 is 5.97 Å². The third-order valence-electron chi connectivity index (χ3n) is 5.35. The molecule has 1 atom stereocenters. The van der Waals surface area contributed by atoms with Gasteiger partial charge in [-0.05, 0) is 117 Å². The number of benzene rings is 3. The number of imide groups is 1. The first-order chi connectivity index (χ1) is 16.8. The van der Waals surface area contributed by atoms with Gasteiger partial charge in [0.15, 0.2) is 0 Å². The molecule has 0 bridgehead atoms. The highest BCUT2D eigenvalue weighted by Gasteiger charge is 2.41. The van der Waals surface area contributed by atoms with Gasteiger partial charge in [0.05, 0.1) is 18.7 Å². The average Bonchev–Trinajstić information content (AvgIpc) is 3.10. The van der Waals surface area contributed by atoms with Gasteiger partial charge in [-0.15, -0.1) is 0 Å². The normalized spacial score (nSPS) is 15.7. The molecule has 0 N–H and O–H groups in total. The van der Waals surface area contributed by atoms with Crippen molar-refractivity contribution in [2.45, 2.75) is 26.5 Å². The van der Waals surface area contributed by atoms with Crippen LogP contribution in [0, 0.1) is 7.14 Å². The maximum Gasteiger partial charge on any atom is 0.329 e. The lowest BCUT2D eigenvalue weighted by atomic mass is 10.1. The van der Waals surface area contributed by atoms with E-state index in [0.29, 0.717) is 6.61 Å². The largest absolute Gasteiger partial charge is 0.487 e. The van der Waals surface area contributed by atoms with E-state index in [1.54, 1.807) is 13.0 Å². The number of hydrogen-bond donors (Lipinski definition) is 0. The third-order valence-corrected chi connectivity index (χ3v) is 7.84. The molecule has 0 radical (unpaired) electrons. The highest BCUT2D eigenvalue weighted by atomic mass is 127. The number of thioether (sulfide) groups is 1. The van der Waals surface area contributed by atoms with E-state index in [0.717, 1.165) is 40.7 Å². The Kier molecular flexibility index (Phi) is 8.38. The summed E-state index contributed by atoms with van der Waals surface area (Å²) in [6, 6.07) is 17.3. The predicted octanol–water partition coefficient (Wildman–Crippen LogP) is 6.62. The number of carbonyl (C=O) groups excluding carboxylic acids is 3. The van der Waals surface area contributed by atoms with E-state index < -0.39 is 23.2 Å². The van der Waals surface area contributed by atoms with Gasteiger partial charge in [-0.1, -0.05) is 36.4 Å². The summed E-state index contributed by atoms with van der Waals surface area (Å²) in [6.45, 7) is 3.78. The number of nitrogens with zero attached hydrogens (tertiary/aromatic N) is 1. The molecule has 3 aromatic rings. The Bertz CT molecular complexity index is 1330. The first kappa shape index (κ1) is 26.0. The van der Waals surface area contributed by atoms with Crippen LogP contribution in [0.3, 0.4) is 0 Å². The van der Waals surface area contributed by atoms with Crippen LogP contribution >= 0.6 is 56.9 Å². The van der Waals surface area contributed by atoms with Crippen molar-refractivity contribution >= 4 is 90.9 Å². The van der Waals surface area contributed by atoms with Crippen LogP contribution in [0.4, 0.5) is 4.79 Å². The molecular weight excluding hydrogens is 692 g/mol. The van der Waals surface area contributed by atoms with Gasteiger partial charge in [0.1, 0.15) is 18.4 Å². The Morgan fingerprint density at radius 1 is 1.06 bits per heavy atom. The fourth-order valence-corrected chi connectivity index (χ4v) is 6.65. The Morgan fingerprint density at radius 2 is 1.74 bits per heavy atom.